The van der Waals surface area contributed by atoms with E-state index in [1.54, 1.807) is 31.4 Å². The number of carbonyl (C=O) groups excluding carboxylic acids is 1. The van der Waals surface area contributed by atoms with Crippen molar-refractivity contribution in [2.45, 2.75) is 18.9 Å². The van der Waals surface area contributed by atoms with Crippen molar-refractivity contribution < 1.29 is 9.53 Å². The molecule has 0 atom stereocenters. The molecule has 1 saturated heterocycles. The van der Waals surface area contributed by atoms with Crippen molar-refractivity contribution in [1.82, 2.24) is 10.2 Å². The molecule has 0 bridgehead atoms. The van der Waals surface area contributed by atoms with Crippen molar-refractivity contribution in [3.63, 3.8) is 0 Å². The Kier molecular flexibility index (Phi) is 5.73. The molecule has 2 rings (SSSR count). The minimum Gasteiger partial charge on any atom is -0.383 e. The molecule has 1 heterocycles. The van der Waals surface area contributed by atoms with Gasteiger partial charge >= 0.3 is 0 Å². The first-order chi connectivity index (χ1) is 10.2. The summed E-state index contributed by atoms with van der Waals surface area (Å²) >= 11 is 0. The van der Waals surface area contributed by atoms with Gasteiger partial charge in [0.2, 0.25) is 0 Å². The number of carbonyl (C=O) groups is 1. The Morgan fingerprint density at radius 2 is 2.05 bits per heavy atom. The number of hydrogen-bond acceptors (Lipinski definition) is 4. The average molecular weight is 287 g/mol. The number of nitriles is 1. The lowest BCUT2D eigenvalue weighted by Gasteiger charge is -2.32. The highest BCUT2D eigenvalue weighted by Crippen LogP contribution is 2.11. The summed E-state index contributed by atoms with van der Waals surface area (Å²) in [5.74, 6) is -0.0603. The van der Waals surface area contributed by atoms with Gasteiger partial charge in [0.1, 0.15) is 0 Å². The van der Waals surface area contributed by atoms with Crippen molar-refractivity contribution >= 4 is 5.91 Å². The van der Waals surface area contributed by atoms with Crippen LogP contribution in [0.4, 0.5) is 0 Å². The highest BCUT2D eigenvalue weighted by molar-refractivity contribution is 5.94. The van der Waals surface area contributed by atoms with E-state index in [0.29, 0.717) is 11.1 Å². The van der Waals surface area contributed by atoms with Gasteiger partial charge in [-0.3, -0.25) is 4.79 Å². The van der Waals surface area contributed by atoms with E-state index in [1.807, 2.05) is 6.07 Å². The van der Waals surface area contributed by atoms with Crippen LogP contribution in [-0.4, -0.2) is 50.2 Å². The predicted octanol–water partition coefficient (Wildman–Crippen LogP) is 1.40. The molecule has 21 heavy (non-hydrogen) atoms. The van der Waals surface area contributed by atoms with E-state index in [2.05, 4.69) is 10.2 Å². The van der Waals surface area contributed by atoms with E-state index in [1.165, 1.54) is 0 Å². The molecule has 0 spiro atoms. The molecule has 112 valence electrons. The van der Waals surface area contributed by atoms with E-state index in [4.69, 9.17) is 10.00 Å². The lowest BCUT2D eigenvalue weighted by Crippen LogP contribution is -2.45. The molecular formula is C16H21N3O2. The monoisotopic (exact) mass is 287 g/mol. The largest absolute Gasteiger partial charge is 0.383 e. The smallest absolute Gasteiger partial charge is 0.251 e. The summed E-state index contributed by atoms with van der Waals surface area (Å²) in [6.45, 7) is 3.68. The number of piperidine rings is 1. The highest BCUT2D eigenvalue weighted by atomic mass is 16.5. The Morgan fingerprint density at radius 1 is 1.38 bits per heavy atom. The quantitative estimate of drug-likeness (QED) is 0.889. The van der Waals surface area contributed by atoms with Crippen LogP contribution in [0.15, 0.2) is 24.3 Å². The molecule has 0 unspecified atom stereocenters. The van der Waals surface area contributed by atoms with Gasteiger partial charge in [-0.2, -0.15) is 5.26 Å². The Bertz CT molecular complexity index is 499. The van der Waals surface area contributed by atoms with E-state index in [-0.39, 0.29) is 11.9 Å². The van der Waals surface area contributed by atoms with Gasteiger partial charge in [-0.15, -0.1) is 0 Å². The molecule has 1 N–H and O–H groups in total. The van der Waals surface area contributed by atoms with Crippen LogP contribution in [0.25, 0.3) is 0 Å². The van der Waals surface area contributed by atoms with Gasteiger partial charge in [0.15, 0.2) is 0 Å². The SMILES string of the molecule is COCCN1CCC(NC(=O)c2ccc(C#N)cc2)CC1. The van der Waals surface area contributed by atoms with Gasteiger partial charge in [0.25, 0.3) is 5.91 Å². The number of methoxy groups -OCH3 is 1. The second-order valence-corrected chi connectivity index (χ2v) is 5.27. The van der Waals surface area contributed by atoms with Crippen molar-refractivity contribution in [1.29, 1.82) is 5.26 Å². The Labute approximate surface area is 125 Å². The molecule has 1 fully saturated rings. The summed E-state index contributed by atoms with van der Waals surface area (Å²) in [6.07, 6.45) is 1.93. The van der Waals surface area contributed by atoms with Gasteiger partial charge in [-0.1, -0.05) is 0 Å². The molecule has 0 radical (unpaired) electrons. The molecular weight excluding hydrogens is 266 g/mol. The summed E-state index contributed by atoms with van der Waals surface area (Å²) in [7, 11) is 1.71. The zero-order chi connectivity index (χ0) is 15.1. The normalized spacial score (nSPS) is 16.4. The molecule has 5 nitrogen and oxygen atoms in total. The minimum absolute atomic E-state index is 0.0603. The molecule has 0 aromatic heterocycles. The Morgan fingerprint density at radius 3 is 2.62 bits per heavy atom. The predicted molar refractivity (Wildman–Crippen MR) is 80.0 cm³/mol. The number of ether oxygens (including phenoxy) is 1. The maximum absolute atomic E-state index is 12.1. The summed E-state index contributed by atoms with van der Waals surface area (Å²) in [5, 5.41) is 11.8. The number of amides is 1. The van der Waals surface area contributed by atoms with Crippen LogP contribution in [0, 0.1) is 11.3 Å². The topological polar surface area (TPSA) is 65.4 Å². The number of likely N-dealkylation sites (tertiary alicyclic amines) is 1. The fourth-order valence-corrected chi connectivity index (χ4v) is 2.49. The number of hydrogen-bond donors (Lipinski definition) is 1. The molecule has 1 aromatic rings. The summed E-state index contributed by atoms with van der Waals surface area (Å²) in [6, 6.07) is 9.01. The van der Waals surface area contributed by atoms with Gasteiger partial charge < -0.3 is 15.0 Å². The summed E-state index contributed by atoms with van der Waals surface area (Å²) in [5.41, 5.74) is 1.17. The van der Waals surface area contributed by atoms with Gasteiger partial charge in [-0.05, 0) is 37.1 Å². The summed E-state index contributed by atoms with van der Waals surface area (Å²) in [4.78, 5) is 14.5. The molecule has 1 aliphatic rings. The fourth-order valence-electron chi connectivity index (χ4n) is 2.49. The second-order valence-electron chi connectivity index (χ2n) is 5.27. The highest BCUT2D eigenvalue weighted by Gasteiger charge is 2.20. The van der Waals surface area contributed by atoms with Crippen molar-refractivity contribution in [2.24, 2.45) is 0 Å². The lowest BCUT2D eigenvalue weighted by atomic mass is 10.0. The first-order valence-corrected chi connectivity index (χ1v) is 7.25. The van der Waals surface area contributed by atoms with E-state index < -0.39 is 0 Å². The Balaban J connectivity index is 1.80. The van der Waals surface area contributed by atoms with Crippen molar-refractivity contribution in [2.75, 3.05) is 33.4 Å². The molecule has 1 aliphatic heterocycles. The summed E-state index contributed by atoms with van der Waals surface area (Å²) < 4.78 is 5.08. The average Bonchev–Trinajstić information content (AvgIpc) is 2.54. The first-order valence-electron chi connectivity index (χ1n) is 7.25. The van der Waals surface area contributed by atoms with Crippen LogP contribution in [0.3, 0.4) is 0 Å². The third-order valence-electron chi connectivity index (χ3n) is 3.81. The lowest BCUT2D eigenvalue weighted by molar-refractivity contribution is 0.0893. The van der Waals surface area contributed by atoms with Crippen LogP contribution in [0.2, 0.25) is 0 Å². The molecule has 1 amide bonds. The molecule has 0 saturated carbocycles. The third kappa shape index (κ3) is 4.55. The molecule has 1 aromatic carbocycles. The van der Waals surface area contributed by atoms with Crippen LogP contribution < -0.4 is 5.32 Å². The number of benzene rings is 1. The first kappa shape index (κ1) is 15.5. The van der Waals surface area contributed by atoms with E-state index in [0.717, 1.165) is 39.1 Å². The fraction of sp³-hybridized carbons (Fsp3) is 0.500. The van der Waals surface area contributed by atoms with E-state index >= 15 is 0 Å². The third-order valence-corrected chi connectivity index (χ3v) is 3.81. The van der Waals surface area contributed by atoms with Crippen LogP contribution in [0.5, 0.6) is 0 Å². The second kappa shape index (κ2) is 7.77. The van der Waals surface area contributed by atoms with E-state index in [9.17, 15) is 4.79 Å². The van der Waals surface area contributed by atoms with Crippen LogP contribution >= 0.6 is 0 Å². The molecule has 0 aliphatic carbocycles. The number of rotatable bonds is 5. The van der Waals surface area contributed by atoms with Gasteiger partial charge in [-0.25, -0.2) is 0 Å². The van der Waals surface area contributed by atoms with Crippen LogP contribution in [-0.2, 0) is 4.74 Å². The molecule has 5 heteroatoms. The standard InChI is InChI=1S/C16H21N3O2/c1-21-11-10-19-8-6-15(7-9-19)18-16(20)14-4-2-13(12-17)3-5-14/h2-5,15H,6-11H2,1H3,(H,18,20). The minimum atomic E-state index is -0.0603. The Hall–Kier alpha value is -1.90. The zero-order valence-corrected chi connectivity index (χ0v) is 12.3. The number of nitrogens with one attached hydrogen (secondary N) is 1. The van der Waals surface area contributed by atoms with Crippen molar-refractivity contribution in [3.05, 3.63) is 35.4 Å². The van der Waals surface area contributed by atoms with Crippen LogP contribution in [0.1, 0.15) is 28.8 Å². The maximum Gasteiger partial charge on any atom is 0.251 e. The zero-order valence-electron chi connectivity index (χ0n) is 12.3. The maximum atomic E-state index is 12.1. The van der Waals surface area contributed by atoms with Gasteiger partial charge in [0, 0.05) is 38.3 Å². The van der Waals surface area contributed by atoms with Crippen molar-refractivity contribution in [3.8, 4) is 6.07 Å². The number of nitrogens with zero attached hydrogens (tertiary/aromatic N) is 2. The van der Waals surface area contributed by atoms with Gasteiger partial charge in [0.05, 0.1) is 18.2 Å².